The van der Waals surface area contributed by atoms with Crippen LogP contribution in [0, 0.1) is 13.8 Å². The number of fused-ring (bicyclic) bond motifs is 2. The van der Waals surface area contributed by atoms with Gasteiger partial charge < -0.3 is 14.6 Å². The molecule has 6 aromatic rings. The SMILES string of the molecule is Cc1nc2cc(-n3c(C(=O)NCc4ccccc4-c4ccncn4)c4n(c3=O)C[C@@H](C)N(C(=O)c3ccc(Br)c(C)c3)C4)ccc2o1. The first kappa shape index (κ1) is 30.3. The molecule has 0 bridgehead atoms. The number of rotatable bonds is 6. The topological polar surface area (TPSA) is 128 Å². The first-order chi connectivity index (χ1) is 22.7. The summed E-state index contributed by atoms with van der Waals surface area (Å²) in [5.74, 6) is -0.137. The number of carbonyl (C=O) groups is 2. The standard InChI is InChI=1S/C35H30BrN7O4/c1-20-14-23(8-10-27(20)36)34(45)41-18-30-32(33(44)38-16-24-6-4-5-7-26(24)28-12-13-37-19-39-28)43(35(46)42(30)17-21(41)2)25-9-11-31-29(15-25)40-22(3)47-31/h4-15,19,21H,16-18H2,1-3H3,(H,38,44)/t21-/m1/s1. The first-order valence-corrected chi connectivity index (χ1v) is 15.9. The highest BCUT2D eigenvalue weighted by Crippen LogP contribution is 2.28. The second-order valence-corrected chi connectivity index (χ2v) is 12.4. The van der Waals surface area contributed by atoms with Gasteiger partial charge in [0.2, 0.25) is 0 Å². The molecule has 7 rings (SSSR count). The van der Waals surface area contributed by atoms with E-state index in [4.69, 9.17) is 4.42 Å². The van der Waals surface area contributed by atoms with E-state index in [1.54, 1.807) is 46.9 Å². The second kappa shape index (κ2) is 12.1. The minimum Gasteiger partial charge on any atom is -0.441 e. The monoisotopic (exact) mass is 691 g/mol. The third-order valence-corrected chi connectivity index (χ3v) is 9.37. The minimum absolute atomic E-state index is 0.0724. The number of hydrogen-bond acceptors (Lipinski definition) is 7. The number of aryl methyl sites for hydroxylation is 2. The largest absolute Gasteiger partial charge is 0.441 e. The van der Waals surface area contributed by atoms with E-state index < -0.39 is 5.91 Å². The molecule has 236 valence electrons. The normalized spacial score (nSPS) is 14.3. The van der Waals surface area contributed by atoms with Crippen LogP contribution in [0.25, 0.3) is 28.0 Å². The minimum atomic E-state index is -0.453. The van der Waals surface area contributed by atoms with Crippen LogP contribution in [0.4, 0.5) is 0 Å². The van der Waals surface area contributed by atoms with Crippen LogP contribution in [0.15, 0.2) is 92.9 Å². The smallest absolute Gasteiger partial charge is 0.333 e. The maximum Gasteiger partial charge on any atom is 0.333 e. The summed E-state index contributed by atoms with van der Waals surface area (Å²) in [6.45, 7) is 6.06. The summed E-state index contributed by atoms with van der Waals surface area (Å²) in [6, 6.07) is 19.8. The summed E-state index contributed by atoms with van der Waals surface area (Å²) in [6.07, 6.45) is 3.15. The Kier molecular flexibility index (Phi) is 7.80. The first-order valence-electron chi connectivity index (χ1n) is 15.1. The lowest BCUT2D eigenvalue weighted by Crippen LogP contribution is -2.47. The number of benzene rings is 3. The van der Waals surface area contributed by atoms with Crippen molar-refractivity contribution in [2.75, 3.05) is 0 Å². The molecule has 1 atom stereocenters. The van der Waals surface area contributed by atoms with Crippen molar-refractivity contribution in [1.82, 2.24) is 34.3 Å². The van der Waals surface area contributed by atoms with Gasteiger partial charge in [-0.3, -0.25) is 18.7 Å². The molecule has 0 saturated carbocycles. The number of imidazole rings is 1. The Morgan fingerprint density at radius 3 is 2.68 bits per heavy atom. The fourth-order valence-corrected chi connectivity index (χ4v) is 6.36. The van der Waals surface area contributed by atoms with Crippen LogP contribution >= 0.6 is 15.9 Å². The lowest BCUT2D eigenvalue weighted by atomic mass is 10.0. The van der Waals surface area contributed by atoms with Crippen LogP contribution in [-0.2, 0) is 19.6 Å². The van der Waals surface area contributed by atoms with Gasteiger partial charge in [-0.05, 0) is 67.4 Å². The van der Waals surface area contributed by atoms with E-state index in [1.165, 1.54) is 10.9 Å². The van der Waals surface area contributed by atoms with E-state index in [-0.39, 0.29) is 43.0 Å². The Hall–Kier alpha value is -5.36. The Bertz CT molecular complexity index is 2240. The zero-order valence-electron chi connectivity index (χ0n) is 25.9. The third-order valence-electron chi connectivity index (χ3n) is 8.48. The van der Waals surface area contributed by atoms with Crippen LogP contribution < -0.4 is 11.0 Å². The summed E-state index contributed by atoms with van der Waals surface area (Å²) in [7, 11) is 0. The van der Waals surface area contributed by atoms with Gasteiger partial charge in [-0.25, -0.2) is 19.7 Å². The Morgan fingerprint density at radius 1 is 1.06 bits per heavy atom. The lowest BCUT2D eigenvalue weighted by molar-refractivity contribution is 0.0610. The average Bonchev–Trinajstić information content (AvgIpc) is 3.59. The molecule has 3 aromatic carbocycles. The summed E-state index contributed by atoms with van der Waals surface area (Å²) in [5.41, 5.74) is 5.75. The predicted molar refractivity (Wildman–Crippen MR) is 179 cm³/mol. The Morgan fingerprint density at radius 2 is 1.89 bits per heavy atom. The van der Waals surface area contributed by atoms with E-state index >= 15 is 0 Å². The molecule has 1 aliphatic rings. The number of aromatic nitrogens is 5. The fourth-order valence-electron chi connectivity index (χ4n) is 6.11. The molecular formula is C35H30BrN7O4. The zero-order valence-corrected chi connectivity index (χ0v) is 27.5. The Balaban J connectivity index is 1.30. The number of nitrogens with zero attached hydrogens (tertiary/aromatic N) is 6. The Labute approximate surface area is 278 Å². The molecule has 0 unspecified atom stereocenters. The molecule has 1 aliphatic heterocycles. The number of carbonyl (C=O) groups excluding carboxylic acids is 2. The summed E-state index contributed by atoms with van der Waals surface area (Å²) in [4.78, 5) is 56.8. The number of halogens is 1. The summed E-state index contributed by atoms with van der Waals surface area (Å²) < 4.78 is 9.58. The second-order valence-electron chi connectivity index (χ2n) is 11.6. The van der Waals surface area contributed by atoms with Gasteiger partial charge in [0, 0.05) is 47.9 Å². The van der Waals surface area contributed by atoms with Gasteiger partial charge in [0.1, 0.15) is 17.5 Å². The zero-order chi connectivity index (χ0) is 32.8. The molecule has 11 nitrogen and oxygen atoms in total. The molecule has 0 fully saturated rings. The van der Waals surface area contributed by atoms with Crippen molar-refractivity contribution in [1.29, 1.82) is 0 Å². The highest BCUT2D eigenvalue weighted by atomic mass is 79.9. The van der Waals surface area contributed by atoms with E-state index in [2.05, 4.69) is 36.2 Å². The fraction of sp³-hybridized carbons (Fsp3) is 0.200. The van der Waals surface area contributed by atoms with E-state index in [1.807, 2.05) is 56.3 Å². The number of oxazole rings is 1. The molecule has 3 aromatic heterocycles. The molecule has 0 spiro atoms. The summed E-state index contributed by atoms with van der Waals surface area (Å²) in [5, 5.41) is 3.04. The molecule has 0 aliphatic carbocycles. The van der Waals surface area contributed by atoms with Gasteiger partial charge in [0.05, 0.1) is 23.6 Å². The average molecular weight is 693 g/mol. The molecule has 47 heavy (non-hydrogen) atoms. The quantitative estimate of drug-likeness (QED) is 0.241. The highest BCUT2D eigenvalue weighted by molar-refractivity contribution is 9.10. The molecule has 1 N–H and O–H groups in total. The molecule has 4 heterocycles. The highest BCUT2D eigenvalue weighted by Gasteiger charge is 2.35. The van der Waals surface area contributed by atoms with Crippen LogP contribution in [-0.4, -0.2) is 46.8 Å². The van der Waals surface area contributed by atoms with E-state index in [0.717, 1.165) is 26.9 Å². The van der Waals surface area contributed by atoms with Crippen molar-refractivity contribution in [3.63, 3.8) is 0 Å². The third kappa shape index (κ3) is 5.54. The van der Waals surface area contributed by atoms with Crippen LogP contribution in [0.5, 0.6) is 0 Å². The van der Waals surface area contributed by atoms with Gasteiger partial charge in [0.15, 0.2) is 11.5 Å². The van der Waals surface area contributed by atoms with Gasteiger partial charge in [-0.2, -0.15) is 0 Å². The molecular weight excluding hydrogens is 662 g/mol. The predicted octanol–water partition coefficient (Wildman–Crippen LogP) is 5.59. The van der Waals surface area contributed by atoms with Crippen molar-refractivity contribution in [3.8, 4) is 16.9 Å². The molecule has 12 heteroatoms. The van der Waals surface area contributed by atoms with Gasteiger partial charge in [-0.15, -0.1) is 0 Å². The van der Waals surface area contributed by atoms with Crippen molar-refractivity contribution in [3.05, 3.63) is 128 Å². The summed E-state index contributed by atoms with van der Waals surface area (Å²) >= 11 is 3.50. The van der Waals surface area contributed by atoms with E-state index in [0.29, 0.717) is 33.9 Å². The molecule has 0 radical (unpaired) electrons. The number of amides is 2. The number of nitrogens with one attached hydrogen (secondary N) is 1. The molecule has 0 saturated heterocycles. The van der Waals surface area contributed by atoms with Gasteiger partial charge in [-0.1, -0.05) is 40.2 Å². The van der Waals surface area contributed by atoms with Crippen molar-refractivity contribution >= 4 is 38.8 Å². The maximum atomic E-state index is 14.3. The van der Waals surface area contributed by atoms with Crippen LogP contribution in [0.3, 0.4) is 0 Å². The van der Waals surface area contributed by atoms with Crippen molar-refractivity contribution < 1.29 is 14.0 Å². The number of hydrogen-bond donors (Lipinski definition) is 1. The van der Waals surface area contributed by atoms with E-state index in [9.17, 15) is 14.4 Å². The van der Waals surface area contributed by atoms with Crippen molar-refractivity contribution in [2.24, 2.45) is 0 Å². The van der Waals surface area contributed by atoms with Crippen molar-refractivity contribution in [2.45, 2.75) is 46.4 Å². The van der Waals surface area contributed by atoms with Gasteiger partial charge in [0.25, 0.3) is 11.8 Å². The van der Waals surface area contributed by atoms with Crippen LogP contribution in [0.2, 0.25) is 0 Å². The molecule has 2 amide bonds. The van der Waals surface area contributed by atoms with Crippen LogP contribution in [0.1, 0.15) is 50.5 Å². The lowest BCUT2D eigenvalue weighted by Gasteiger charge is -2.34. The maximum absolute atomic E-state index is 14.3. The van der Waals surface area contributed by atoms with Gasteiger partial charge >= 0.3 is 5.69 Å².